The molecule has 2 atom stereocenters. The molecule has 3 amide bonds. The third-order valence-corrected chi connectivity index (χ3v) is 5.26. The van der Waals surface area contributed by atoms with Gasteiger partial charge >= 0.3 is 6.03 Å². The average Bonchev–Trinajstić information content (AvgIpc) is 2.63. The van der Waals surface area contributed by atoms with E-state index >= 15 is 0 Å². The Morgan fingerprint density at radius 1 is 1.33 bits per heavy atom. The molecule has 3 N–H and O–H groups in total. The van der Waals surface area contributed by atoms with E-state index in [0.717, 1.165) is 4.90 Å². The fourth-order valence-corrected chi connectivity index (χ4v) is 3.38. The van der Waals surface area contributed by atoms with Crippen LogP contribution in [0.15, 0.2) is 46.9 Å². The third kappa shape index (κ3) is 3.54. The van der Waals surface area contributed by atoms with Gasteiger partial charge in [0.05, 0.1) is 5.69 Å². The number of anilines is 2. The standard InChI is InChI=1S/C19H19BrClN3O3/c1-3-11(2)22-17(25)19(27)15-10-12(20)4-9-16(15)23-18(26)24(19)14-7-5-13(21)6-8-14/h4-11,27H,3H2,1-2H3,(H,22,25)(H,23,26). The number of benzene rings is 2. The van der Waals surface area contributed by atoms with Crippen LogP contribution in [-0.2, 0) is 10.5 Å². The predicted molar refractivity (Wildman–Crippen MR) is 109 cm³/mol. The predicted octanol–water partition coefficient (Wildman–Crippen LogP) is 4.21. The summed E-state index contributed by atoms with van der Waals surface area (Å²) in [5.41, 5.74) is -1.25. The zero-order chi connectivity index (χ0) is 19.8. The van der Waals surface area contributed by atoms with Crippen LogP contribution in [-0.4, -0.2) is 23.1 Å². The van der Waals surface area contributed by atoms with Gasteiger partial charge in [-0.15, -0.1) is 0 Å². The number of amides is 3. The quantitative estimate of drug-likeness (QED) is 0.650. The smallest absolute Gasteiger partial charge is 0.329 e. The Labute approximate surface area is 170 Å². The second-order valence-electron chi connectivity index (χ2n) is 6.39. The fourth-order valence-electron chi connectivity index (χ4n) is 2.90. The number of carbonyl (C=O) groups excluding carboxylic acids is 2. The first kappa shape index (κ1) is 19.7. The van der Waals surface area contributed by atoms with Crippen molar-refractivity contribution in [3.05, 3.63) is 57.5 Å². The van der Waals surface area contributed by atoms with Crippen LogP contribution in [0.5, 0.6) is 0 Å². The molecule has 0 spiro atoms. The number of hydrogen-bond acceptors (Lipinski definition) is 3. The summed E-state index contributed by atoms with van der Waals surface area (Å²) >= 11 is 9.31. The molecule has 0 saturated carbocycles. The molecule has 2 aromatic carbocycles. The lowest BCUT2D eigenvalue weighted by atomic mass is 9.94. The molecule has 0 saturated heterocycles. The molecule has 3 rings (SSSR count). The van der Waals surface area contributed by atoms with Gasteiger partial charge in [-0.2, -0.15) is 0 Å². The highest BCUT2D eigenvalue weighted by atomic mass is 79.9. The molecule has 2 unspecified atom stereocenters. The molecule has 27 heavy (non-hydrogen) atoms. The van der Waals surface area contributed by atoms with Crippen LogP contribution in [0.25, 0.3) is 0 Å². The van der Waals surface area contributed by atoms with Gasteiger partial charge in [0.15, 0.2) is 0 Å². The van der Waals surface area contributed by atoms with Gasteiger partial charge in [-0.3, -0.25) is 9.69 Å². The summed E-state index contributed by atoms with van der Waals surface area (Å²) in [5.74, 6) is -0.680. The van der Waals surface area contributed by atoms with Crippen LogP contribution in [0.4, 0.5) is 16.2 Å². The molecular formula is C19H19BrClN3O3. The van der Waals surface area contributed by atoms with E-state index in [2.05, 4.69) is 26.6 Å². The Morgan fingerprint density at radius 3 is 2.63 bits per heavy atom. The zero-order valence-corrected chi connectivity index (χ0v) is 17.1. The maximum atomic E-state index is 13.1. The van der Waals surface area contributed by atoms with Crippen molar-refractivity contribution in [3.8, 4) is 0 Å². The maximum Gasteiger partial charge on any atom is 0.329 e. The van der Waals surface area contributed by atoms with E-state index in [4.69, 9.17) is 11.6 Å². The van der Waals surface area contributed by atoms with Crippen LogP contribution in [0, 0.1) is 0 Å². The number of rotatable bonds is 4. The number of hydrogen-bond donors (Lipinski definition) is 3. The van der Waals surface area contributed by atoms with Crippen molar-refractivity contribution in [2.45, 2.75) is 32.0 Å². The number of nitrogens with zero attached hydrogens (tertiary/aromatic N) is 1. The lowest BCUT2D eigenvalue weighted by Crippen LogP contribution is -2.63. The summed E-state index contributed by atoms with van der Waals surface area (Å²) in [6.45, 7) is 3.75. The molecule has 0 bridgehead atoms. The first-order chi connectivity index (χ1) is 12.8. The number of urea groups is 1. The summed E-state index contributed by atoms with van der Waals surface area (Å²) < 4.78 is 0.670. The lowest BCUT2D eigenvalue weighted by Gasteiger charge is -2.43. The summed E-state index contributed by atoms with van der Waals surface area (Å²) in [6.07, 6.45) is 0.681. The molecule has 1 aliphatic heterocycles. The zero-order valence-electron chi connectivity index (χ0n) is 14.8. The van der Waals surface area contributed by atoms with E-state index in [9.17, 15) is 14.7 Å². The highest BCUT2D eigenvalue weighted by molar-refractivity contribution is 9.10. The van der Waals surface area contributed by atoms with Crippen LogP contribution in [0.3, 0.4) is 0 Å². The Balaban J connectivity index is 2.19. The molecule has 2 aromatic rings. The minimum Gasteiger partial charge on any atom is -0.359 e. The van der Waals surface area contributed by atoms with Crippen molar-refractivity contribution in [1.82, 2.24) is 5.32 Å². The molecule has 142 valence electrons. The highest BCUT2D eigenvalue weighted by Crippen LogP contribution is 2.41. The van der Waals surface area contributed by atoms with Gasteiger partial charge in [0.1, 0.15) is 0 Å². The van der Waals surface area contributed by atoms with Crippen molar-refractivity contribution >= 4 is 50.8 Å². The molecular weight excluding hydrogens is 434 g/mol. The van der Waals surface area contributed by atoms with E-state index < -0.39 is 17.7 Å². The summed E-state index contributed by atoms with van der Waals surface area (Å²) in [7, 11) is 0. The van der Waals surface area contributed by atoms with Gasteiger partial charge in [0.2, 0.25) is 0 Å². The number of nitrogens with one attached hydrogen (secondary N) is 2. The van der Waals surface area contributed by atoms with Crippen molar-refractivity contribution in [1.29, 1.82) is 0 Å². The van der Waals surface area contributed by atoms with Crippen molar-refractivity contribution in [2.75, 3.05) is 10.2 Å². The van der Waals surface area contributed by atoms with E-state index in [0.29, 0.717) is 27.3 Å². The Morgan fingerprint density at radius 2 is 2.00 bits per heavy atom. The van der Waals surface area contributed by atoms with E-state index in [-0.39, 0.29) is 11.6 Å². The topological polar surface area (TPSA) is 81.7 Å². The first-order valence-electron chi connectivity index (χ1n) is 8.47. The highest BCUT2D eigenvalue weighted by Gasteiger charge is 2.52. The van der Waals surface area contributed by atoms with Gasteiger partial charge < -0.3 is 15.7 Å². The second kappa shape index (κ2) is 7.50. The van der Waals surface area contributed by atoms with E-state index in [1.807, 2.05) is 13.8 Å². The average molecular weight is 453 g/mol. The Kier molecular flexibility index (Phi) is 5.46. The first-order valence-corrected chi connectivity index (χ1v) is 9.64. The normalized spacial score (nSPS) is 19.9. The van der Waals surface area contributed by atoms with E-state index in [1.54, 1.807) is 42.5 Å². The number of aliphatic hydroxyl groups is 1. The Bertz CT molecular complexity index is 890. The second-order valence-corrected chi connectivity index (χ2v) is 7.74. The molecule has 1 aliphatic rings. The Hall–Kier alpha value is -2.09. The van der Waals surface area contributed by atoms with Crippen LogP contribution >= 0.6 is 27.5 Å². The van der Waals surface area contributed by atoms with Gasteiger partial charge in [-0.25, -0.2) is 4.79 Å². The summed E-state index contributed by atoms with van der Waals surface area (Å²) in [5, 5.41) is 17.6. The lowest BCUT2D eigenvalue weighted by molar-refractivity contribution is -0.140. The molecule has 0 radical (unpaired) electrons. The van der Waals surface area contributed by atoms with Crippen LogP contribution in [0.1, 0.15) is 25.8 Å². The molecule has 8 heteroatoms. The number of carbonyl (C=O) groups is 2. The molecule has 0 aliphatic carbocycles. The minimum absolute atomic E-state index is 0.172. The van der Waals surface area contributed by atoms with Crippen LogP contribution < -0.4 is 15.5 Å². The largest absolute Gasteiger partial charge is 0.359 e. The van der Waals surface area contributed by atoms with Crippen molar-refractivity contribution < 1.29 is 14.7 Å². The van der Waals surface area contributed by atoms with Gasteiger partial charge in [0, 0.05) is 26.8 Å². The fraction of sp³-hybridized carbons (Fsp3) is 0.263. The van der Waals surface area contributed by atoms with Crippen LogP contribution in [0.2, 0.25) is 5.02 Å². The number of halogens is 2. The molecule has 0 aromatic heterocycles. The van der Waals surface area contributed by atoms with Crippen molar-refractivity contribution in [2.24, 2.45) is 0 Å². The number of fused-ring (bicyclic) bond motifs is 1. The van der Waals surface area contributed by atoms with Gasteiger partial charge in [-0.05, 0) is 55.8 Å². The third-order valence-electron chi connectivity index (χ3n) is 4.52. The monoisotopic (exact) mass is 451 g/mol. The summed E-state index contributed by atoms with van der Waals surface area (Å²) in [6, 6.07) is 10.5. The minimum atomic E-state index is -2.22. The molecule has 0 fully saturated rings. The van der Waals surface area contributed by atoms with E-state index in [1.165, 1.54) is 0 Å². The molecule has 6 nitrogen and oxygen atoms in total. The van der Waals surface area contributed by atoms with Gasteiger partial charge in [-0.1, -0.05) is 34.5 Å². The molecule has 1 heterocycles. The van der Waals surface area contributed by atoms with Crippen molar-refractivity contribution in [3.63, 3.8) is 0 Å². The summed E-state index contributed by atoms with van der Waals surface area (Å²) in [4.78, 5) is 27.0. The SMILES string of the molecule is CCC(C)NC(=O)C1(O)c2cc(Br)ccc2NC(=O)N1c1ccc(Cl)cc1. The maximum absolute atomic E-state index is 13.1. The van der Waals surface area contributed by atoms with Gasteiger partial charge in [0.25, 0.3) is 11.6 Å².